The Morgan fingerprint density at radius 2 is 1.80 bits per heavy atom. The van der Waals surface area contributed by atoms with Crippen molar-refractivity contribution in [2.45, 2.75) is 26.3 Å². The molecule has 15 heavy (non-hydrogen) atoms. The van der Waals surface area contributed by atoms with Crippen LogP contribution < -0.4 is 10.2 Å². The van der Waals surface area contributed by atoms with Gasteiger partial charge in [0.05, 0.1) is 13.3 Å². The van der Waals surface area contributed by atoms with E-state index in [1.54, 1.807) is 13.3 Å². The molecular formula is C12H18N2O. The summed E-state index contributed by atoms with van der Waals surface area (Å²) < 4.78 is 5.07. The monoisotopic (exact) mass is 206 g/mol. The first-order valence-corrected chi connectivity index (χ1v) is 4.95. The Bertz CT molecular complexity index is 322. The van der Waals surface area contributed by atoms with Crippen molar-refractivity contribution in [3.8, 4) is 5.75 Å². The van der Waals surface area contributed by atoms with E-state index >= 15 is 0 Å². The third-order valence-corrected chi connectivity index (χ3v) is 1.73. The van der Waals surface area contributed by atoms with Crippen molar-refractivity contribution < 1.29 is 4.74 Å². The minimum absolute atomic E-state index is 0.00295. The van der Waals surface area contributed by atoms with Gasteiger partial charge in [-0.2, -0.15) is 5.10 Å². The molecule has 0 saturated carbocycles. The maximum Gasteiger partial charge on any atom is 0.118 e. The molecule has 0 heterocycles. The predicted octanol–water partition coefficient (Wildman–Crippen LogP) is 2.42. The van der Waals surface area contributed by atoms with Crippen LogP contribution in [0.25, 0.3) is 0 Å². The Morgan fingerprint density at radius 3 is 2.27 bits per heavy atom. The molecule has 0 aliphatic rings. The molecule has 1 aromatic carbocycles. The molecule has 0 radical (unpaired) electrons. The molecule has 1 rings (SSSR count). The maximum atomic E-state index is 5.07. The van der Waals surface area contributed by atoms with Crippen LogP contribution in [0.1, 0.15) is 26.3 Å². The van der Waals surface area contributed by atoms with Crippen molar-refractivity contribution in [1.82, 2.24) is 5.43 Å². The van der Waals surface area contributed by atoms with E-state index < -0.39 is 0 Å². The predicted molar refractivity (Wildman–Crippen MR) is 63.5 cm³/mol. The lowest BCUT2D eigenvalue weighted by atomic mass is 10.1. The zero-order valence-electron chi connectivity index (χ0n) is 9.74. The van der Waals surface area contributed by atoms with Crippen LogP contribution in [0.2, 0.25) is 0 Å². The van der Waals surface area contributed by atoms with Gasteiger partial charge in [-0.1, -0.05) is 0 Å². The SMILES string of the molecule is COc1ccc(/C=N/NC(C)(C)C)cc1. The smallest absolute Gasteiger partial charge is 0.118 e. The van der Waals surface area contributed by atoms with Gasteiger partial charge in [-0.25, -0.2) is 0 Å². The average molecular weight is 206 g/mol. The molecule has 3 heteroatoms. The highest BCUT2D eigenvalue weighted by Crippen LogP contribution is 2.09. The minimum Gasteiger partial charge on any atom is -0.497 e. The summed E-state index contributed by atoms with van der Waals surface area (Å²) in [6.45, 7) is 6.20. The second kappa shape index (κ2) is 4.82. The third kappa shape index (κ3) is 4.49. The zero-order chi connectivity index (χ0) is 11.3. The van der Waals surface area contributed by atoms with Crippen molar-refractivity contribution in [2.24, 2.45) is 5.10 Å². The topological polar surface area (TPSA) is 33.6 Å². The second-order valence-electron chi connectivity index (χ2n) is 4.39. The van der Waals surface area contributed by atoms with Gasteiger partial charge >= 0.3 is 0 Å². The van der Waals surface area contributed by atoms with E-state index in [-0.39, 0.29) is 5.54 Å². The highest BCUT2D eigenvalue weighted by Gasteiger charge is 2.05. The van der Waals surface area contributed by atoms with Crippen LogP contribution in [0.3, 0.4) is 0 Å². The summed E-state index contributed by atoms with van der Waals surface area (Å²) >= 11 is 0. The molecule has 0 aromatic heterocycles. The number of hydrogen-bond donors (Lipinski definition) is 1. The van der Waals surface area contributed by atoms with E-state index in [0.29, 0.717) is 0 Å². The summed E-state index contributed by atoms with van der Waals surface area (Å²) in [5.41, 5.74) is 4.09. The molecule has 0 spiro atoms. The van der Waals surface area contributed by atoms with Gasteiger partial charge in [0, 0.05) is 5.54 Å². The van der Waals surface area contributed by atoms with Crippen LogP contribution in [0.5, 0.6) is 5.75 Å². The molecule has 3 nitrogen and oxygen atoms in total. The van der Waals surface area contributed by atoms with E-state index in [0.717, 1.165) is 11.3 Å². The molecule has 0 unspecified atom stereocenters. The lowest BCUT2D eigenvalue weighted by molar-refractivity contribution is 0.415. The normalized spacial score (nSPS) is 11.7. The number of nitrogens with zero attached hydrogens (tertiary/aromatic N) is 1. The van der Waals surface area contributed by atoms with Gasteiger partial charge in [-0.3, -0.25) is 0 Å². The van der Waals surface area contributed by atoms with Gasteiger partial charge in [0.2, 0.25) is 0 Å². The van der Waals surface area contributed by atoms with Crippen molar-refractivity contribution >= 4 is 6.21 Å². The largest absolute Gasteiger partial charge is 0.497 e. The molecule has 1 N–H and O–H groups in total. The van der Waals surface area contributed by atoms with Crippen LogP contribution in [-0.2, 0) is 0 Å². The Kier molecular flexibility index (Phi) is 3.72. The Hall–Kier alpha value is -1.51. The number of rotatable bonds is 3. The van der Waals surface area contributed by atoms with E-state index in [9.17, 15) is 0 Å². The van der Waals surface area contributed by atoms with Crippen molar-refractivity contribution in [2.75, 3.05) is 7.11 Å². The van der Waals surface area contributed by atoms with Gasteiger partial charge in [0.15, 0.2) is 0 Å². The number of benzene rings is 1. The number of ether oxygens (including phenoxy) is 1. The maximum absolute atomic E-state index is 5.07. The summed E-state index contributed by atoms with van der Waals surface area (Å²) in [4.78, 5) is 0. The number of nitrogens with one attached hydrogen (secondary N) is 1. The lowest BCUT2D eigenvalue weighted by Gasteiger charge is -2.16. The van der Waals surface area contributed by atoms with Crippen LogP contribution >= 0.6 is 0 Å². The molecule has 0 amide bonds. The summed E-state index contributed by atoms with van der Waals surface area (Å²) in [5.74, 6) is 0.857. The molecule has 0 fully saturated rings. The standard InChI is InChI=1S/C12H18N2O/c1-12(2,3)14-13-9-10-5-7-11(15-4)8-6-10/h5-9,14H,1-4H3/b13-9+. The first-order valence-electron chi connectivity index (χ1n) is 4.95. The van der Waals surface area contributed by atoms with Gasteiger partial charge in [-0.15, -0.1) is 0 Å². The number of hydrazone groups is 1. The Morgan fingerprint density at radius 1 is 1.20 bits per heavy atom. The van der Waals surface area contributed by atoms with Gasteiger partial charge in [-0.05, 0) is 50.6 Å². The van der Waals surface area contributed by atoms with Crippen LogP contribution in [0, 0.1) is 0 Å². The van der Waals surface area contributed by atoms with Gasteiger partial charge in [0.25, 0.3) is 0 Å². The molecule has 1 aromatic rings. The molecule has 0 saturated heterocycles. The molecule has 0 atom stereocenters. The van der Waals surface area contributed by atoms with Crippen molar-refractivity contribution in [3.05, 3.63) is 29.8 Å². The van der Waals surface area contributed by atoms with E-state index in [2.05, 4.69) is 31.3 Å². The summed E-state index contributed by atoms with van der Waals surface area (Å²) in [5, 5.41) is 4.15. The highest BCUT2D eigenvalue weighted by atomic mass is 16.5. The third-order valence-electron chi connectivity index (χ3n) is 1.73. The fourth-order valence-corrected chi connectivity index (χ4v) is 0.990. The van der Waals surface area contributed by atoms with Crippen molar-refractivity contribution in [1.29, 1.82) is 0 Å². The summed E-state index contributed by atoms with van der Waals surface area (Å²) in [6, 6.07) is 7.76. The fraction of sp³-hybridized carbons (Fsp3) is 0.417. The minimum atomic E-state index is 0.00295. The van der Waals surface area contributed by atoms with Crippen LogP contribution in [-0.4, -0.2) is 18.9 Å². The zero-order valence-corrected chi connectivity index (χ0v) is 9.74. The van der Waals surface area contributed by atoms with Crippen LogP contribution in [0.15, 0.2) is 29.4 Å². The first-order chi connectivity index (χ1) is 7.01. The summed E-state index contributed by atoms with van der Waals surface area (Å²) in [7, 11) is 1.66. The quantitative estimate of drug-likeness (QED) is 0.608. The lowest BCUT2D eigenvalue weighted by Crippen LogP contribution is -2.31. The van der Waals surface area contributed by atoms with E-state index in [1.165, 1.54) is 0 Å². The summed E-state index contributed by atoms with van der Waals surface area (Å²) in [6.07, 6.45) is 1.80. The van der Waals surface area contributed by atoms with Gasteiger partial charge < -0.3 is 10.2 Å². The Balaban J connectivity index is 2.57. The molecular weight excluding hydrogens is 188 g/mol. The highest BCUT2D eigenvalue weighted by molar-refractivity contribution is 5.79. The Labute approximate surface area is 91.1 Å². The van der Waals surface area contributed by atoms with E-state index in [1.807, 2.05) is 24.3 Å². The molecule has 0 aliphatic carbocycles. The van der Waals surface area contributed by atoms with Gasteiger partial charge in [0.1, 0.15) is 5.75 Å². The number of methoxy groups -OCH3 is 1. The molecule has 0 bridgehead atoms. The van der Waals surface area contributed by atoms with E-state index in [4.69, 9.17) is 4.74 Å². The average Bonchev–Trinajstić information content (AvgIpc) is 2.17. The molecule has 0 aliphatic heterocycles. The second-order valence-corrected chi connectivity index (χ2v) is 4.39. The number of hydrogen-bond acceptors (Lipinski definition) is 3. The van der Waals surface area contributed by atoms with Crippen molar-refractivity contribution in [3.63, 3.8) is 0 Å². The molecule has 82 valence electrons. The fourth-order valence-electron chi connectivity index (χ4n) is 0.990. The first kappa shape index (κ1) is 11.6. The van der Waals surface area contributed by atoms with Crippen LogP contribution in [0.4, 0.5) is 0 Å².